The van der Waals surface area contributed by atoms with E-state index in [1.165, 1.54) is 11.8 Å². The molecule has 0 saturated heterocycles. The summed E-state index contributed by atoms with van der Waals surface area (Å²) in [6.07, 6.45) is 1.81. The Kier molecular flexibility index (Phi) is 4.20. The maximum atomic E-state index is 11.4. The molecule has 18 heavy (non-hydrogen) atoms. The van der Waals surface area contributed by atoms with Gasteiger partial charge in [0.15, 0.2) is 0 Å². The average molecular weight is 255 g/mol. The van der Waals surface area contributed by atoms with Gasteiger partial charge in [0.05, 0.1) is 4.91 Å². The second-order valence-electron chi connectivity index (χ2n) is 3.70. The zero-order valence-corrected chi connectivity index (χ0v) is 10.6. The van der Waals surface area contributed by atoms with Crippen LogP contribution in [0.15, 0.2) is 70.5 Å². The maximum Gasteiger partial charge on any atom is 0.255 e. The molecule has 0 spiro atoms. The Bertz CT molecular complexity index is 549. The third-order valence-electron chi connectivity index (χ3n) is 2.31. The minimum absolute atomic E-state index is 0.410. The number of carbonyl (C=O) groups excluding carboxylic acids is 1. The first-order valence-electron chi connectivity index (χ1n) is 5.55. The predicted octanol–water partition coefficient (Wildman–Crippen LogP) is 3.31. The van der Waals surface area contributed by atoms with Crippen molar-refractivity contribution in [3.05, 3.63) is 71.1 Å². The number of benzene rings is 2. The van der Waals surface area contributed by atoms with Crippen molar-refractivity contribution < 1.29 is 4.79 Å². The van der Waals surface area contributed by atoms with E-state index < -0.39 is 5.91 Å². The van der Waals surface area contributed by atoms with E-state index in [0.717, 1.165) is 10.5 Å². The Labute approximate surface area is 111 Å². The van der Waals surface area contributed by atoms with E-state index >= 15 is 0 Å². The van der Waals surface area contributed by atoms with E-state index in [4.69, 9.17) is 5.73 Å². The molecule has 0 aliphatic rings. The van der Waals surface area contributed by atoms with Crippen molar-refractivity contribution in [2.75, 3.05) is 0 Å². The molecule has 1 amide bonds. The molecule has 0 aliphatic heterocycles. The van der Waals surface area contributed by atoms with Crippen LogP contribution in [0.3, 0.4) is 0 Å². The van der Waals surface area contributed by atoms with Crippen molar-refractivity contribution in [2.45, 2.75) is 4.90 Å². The molecular formula is C15H13NOS. The van der Waals surface area contributed by atoms with Crippen molar-refractivity contribution in [3.8, 4) is 0 Å². The van der Waals surface area contributed by atoms with Gasteiger partial charge in [-0.3, -0.25) is 4.79 Å². The van der Waals surface area contributed by atoms with Crippen LogP contribution in [-0.4, -0.2) is 5.91 Å². The summed E-state index contributed by atoms with van der Waals surface area (Å²) in [6, 6.07) is 19.4. The van der Waals surface area contributed by atoms with Crippen molar-refractivity contribution >= 4 is 23.7 Å². The quantitative estimate of drug-likeness (QED) is 0.673. The molecule has 0 aliphatic carbocycles. The minimum Gasteiger partial charge on any atom is -0.365 e. The first-order valence-corrected chi connectivity index (χ1v) is 6.37. The number of rotatable bonds is 4. The molecule has 0 atom stereocenters. The molecule has 0 fully saturated rings. The van der Waals surface area contributed by atoms with Gasteiger partial charge < -0.3 is 5.73 Å². The summed E-state index contributed by atoms with van der Waals surface area (Å²) in [4.78, 5) is 13.0. The molecule has 3 heteroatoms. The lowest BCUT2D eigenvalue weighted by molar-refractivity contribution is -0.113. The normalized spacial score (nSPS) is 11.2. The van der Waals surface area contributed by atoms with Crippen LogP contribution in [0, 0.1) is 0 Å². The second-order valence-corrected chi connectivity index (χ2v) is 4.81. The lowest BCUT2D eigenvalue weighted by Gasteiger charge is -2.03. The number of hydrogen-bond acceptors (Lipinski definition) is 2. The molecule has 0 unspecified atom stereocenters. The topological polar surface area (TPSA) is 43.1 Å². The van der Waals surface area contributed by atoms with Crippen LogP contribution in [0.25, 0.3) is 6.08 Å². The zero-order chi connectivity index (χ0) is 12.8. The number of carbonyl (C=O) groups is 1. The Balaban J connectivity index is 2.25. The third-order valence-corrected chi connectivity index (χ3v) is 3.36. The summed E-state index contributed by atoms with van der Waals surface area (Å²) in [7, 11) is 0. The Morgan fingerprint density at radius 3 is 2.06 bits per heavy atom. The SMILES string of the molecule is NC(=O)/C(=C/c1ccccc1)Sc1ccccc1. The van der Waals surface area contributed by atoms with Gasteiger partial charge in [0, 0.05) is 4.90 Å². The minimum atomic E-state index is -0.410. The van der Waals surface area contributed by atoms with Crippen molar-refractivity contribution in [1.29, 1.82) is 0 Å². The lowest BCUT2D eigenvalue weighted by atomic mass is 10.2. The maximum absolute atomic E-state index is 11.4. The van der Waals surface area contributed by atoms with Gasteiger partial charge in [-0.05, 0) is 23.8 Å². The fourth-order valence-electron chi connectivity index (χ4n) is 1.47. The summed E-state index contributed by atoms with van der Waals surface area (Å²) in [5.41, 5.74) is 6.37. The summed E-state index contributed by atoms with van der Waals surface area (Å²) >= 11 is 1.38. The monoisotopic (exact) mass is 255 g/mol. The van der Waals surface area contributed by atoms with Crippen molar-refractivity contribution in [2.24, 2.45) is 5.73 Å². The number of nitrogens with two attached hydrogens (primary N) is 1. The molecule has 0 saturated carbocycles. The van der Waals surface area contributed by atoms with Crippen molar-refractivity contribution in [3.63, 3.8) is 0 Å². The molecule has 2 rings (SSSR count). The van der Waals surface area contributed by atoms with Gasteiger partial charge >= 0.3 is 0 Å². The standard InChI is InChI=1S/C15H13NOS/c16-15(17)14(11-12-7-3-1-4-8-12)18-13-9-5-2-6-10-13/h1-11H,(H2,16,17)/b14-11-. The van der Waals surface area contributed by atoms with E-state index in [1.54, 1.807) is 6.08 Å². The van der Waals surface area contributed by atoms with Gasteiger partial charge in [-0.2, -0.15) is 0 Å². The van der Waals surface area contributed by atoms with Gasteiger partial charge in [0.25, 0.3) is 5.91 Å². The summed E-state index contributed by atoms with van der Waals surface area (Å²) in [6.45, 7) is 0. The fraction of sp³-hybridized carbons (Fsp3) is 0. The largest absolute Gasteiger partial charge is 0.365 e. The first kappa shape index (κ1) is 12.5. The number of hydrogen-bond donors (Lipinski definition) is 1. The van der Waals surface area contributed by atoms with Gasteiger partial charge in [-0.1, -0.05) is 60.3 Å². The van der Waals surface area contributed by atoms with Crippen LogP contribution in [0.5, 0.6) is 0 Å². The summed E-state index contributed by atoms with van der Waals surface area (Å²) in [5, 5.41) is 0. The van der Waals surface area contributed by atoms with Crippen LogP contribution in [0.1, 0.15) is 5.56 Å². The van der Waals surface area contributed by atoms with Gasteiger partial charge in [0.1, 0.15) is 0 Å². The highest BCUT2D eigenvalue weighted by Crippen LogP contribution is 2.27. The Hall–Kier alpha value is -2.00. The average Bonchev–Trinajstić information content (AvgIpc) is 2.40. The van der Waals surface area contributed by atoms with Gasteiger partial charge in [-0.15, -0.1) is 0 Å². The predicted molar refractivity (Wildman–Crippen MR) is 75.9 cm³/mol. The van der Waals surface area contributed by atoms with E-state index in [-0.39, 0.29) is 0 Å². The van der Waals surface area contributed by atoms with Crippen LogP contribution in [0.2, 0.25) is 0 Å². The molecule has 2 nitrogen and oxygen atoms in total. The van der Waals surface area contributed by atoms with E-state index in [2.05, 4.69) is 0 Å². The first-order chi connectivity index (χ1) is 8.75. The highest BCUT2D eigenvalue weighted by atomic mass is 32.2. The molecule has 2 aromatic rings. The van der Waals surface area contributed by atoms with Gasteiger partial charge in [0.2, 0.25) is 0 Å². The van der Waals surface area contributed by atoms with Crippen molar-refractivity contribution in [1.82, 2.24) is 0 Å². The van der Waals surface area contributed by atoms with Crippen LogP contribution < -0.4 is 5.73 Å². The molecule has 0 aromatic heterocycles. The number of amides is 1. The lowest BCUT2D eigenvalue weighted by Crippen LogP contribution is -2.11. The number of primary amides is 1. The smallest absolute Gasteiger partial charge is 0.255 e. The molecule has 0 radical (unpaired) electrons. The van der Waals surface area contributed by atoms with Crippen LogP contribution in [0.4, 0.5) is 0 Å². The molecule has 0 heterocycles. The molecule has 90 valence electrons. The Morgan fingerprint density at radius 2 is 1.50 bits per heavy atom. The molecule has 2 N–H and O–H groups in total. The van der Waals surface area contributed by atoms with Gasteiger partial charge in [-0.25, -0.2) is 0 Å². The summed E-state index contributed by atoms with van der Waals surface area (Å²) < 4.78 is 0. The highest BCUT2D eigenvalue weighted by molar-refractivity contribution is 8.04. The third kappa shape index (κ3) is 3.50. The fourth-order valence-corrected chi connectivity index (χ4v) is 2.31. The summed E-state index contributed by atoms with van der Waals surface area (Å²) in [5.74, 6) is -0.410. The van der Waals surface area contributed by atoms with E-state index in [1.807, 2.05) is 60.7 Å². The Morgan fingerprint density at radius 1 is 0.944 bits per heavy atom. The van der Waals surface area contributed by atoms with E-state index in [0.29, 0.717) is 4.91 Å². The van der Waals surface area contributed by atoms with E-state index in [9.17, 15) is 4.79 Å². The number of thioether (sulfide) groups is 1. The zero-order valence-electron chi connectivity index (χ0n) is 9.74. The second kappa shape index (κ2) is 6.07. The molecule has 2 aromatic carbocycles. The highest BCUT2D eigenvalue weighted by Gasteiger charge is 2.07. The van der Waals surface area contributed by atoms with Crippen LogP contribution >= 0.6 is 11.8 Å². The molecule has 0 bridgehead atoms. The van der Waals surface area contributed by atoms with Crippen LogP contribution in [-0.2, 0) is 4.79 Å². The molecular weight excluding hydrogens is 242 g/mol.